The molecule has 0 fully saturated rings. The molecule has 1 aliphatic rings. The number of carbonyl (C=O) groups excluding carboxylic acids is 1. The first-order chi connectivity index (χ1) is 11.7. The van der Waals surface area contributed by atoms with Crippen molar-refractivity contribution in [3.8, 4) is 17.6 Å². The SMILES string of the molecule is N#Cc1ccc(NC(=O)CCc2ccc3c(c2)OCCO3)cc1Cl. The molecule has 1 N–H and O–H groups in total. The van der Waals surface area contributed by atoms with Gasteiger partial charge >= 0.3 is 0 Å². The number of aryl methyl sites for hydroxylation is 1. The van der Waals surface area contributed by atoms with Crippen LogP contribution in [0.3, 0.4) is 0 Å². The first-order valence-electron chi connectivity index (χ1n) is 7.54. The highest BCUT2D eigenvalue weighted by Gasteiger charge is 2.12. The summed E-state index contributed by atoms with van der Waals surface area (Å²) >= 11 is 5.95. The van der Waals surface area contributed by atoms with Gasteiger partial charge in [0, 0.05) is 12.1 Å². The molecule has 0 saturated carbocycles. The Morgan fingerprint density at radius 1 is 1.17 bits per heavy atom. The van der Waals surface area contributed by atoms with Gasteiger partial charge < -0.3 is 14.8 Å². The molecule has 0 radical (unpaired) electrons. The van der Waals surface area contributed by atoms with Gasteiger partial charge in [0.15, 0.2) is 11.5 Å². The molecule has 1 heterocycles. The van der Waals surface area contributed by atoms with Crippen LogP contribution in [0.25, 0.3) is 0 Å². The van der Waals surface area contributed by atoms with Crippen LogP contribution in [0.15, 0.2) is 36.4 Å². The largest absolute Gasteiger partial charge is 0.486 e. The number of amides is 1. The lowest BCUT2D eigenvalue weighted by Gasteiger charge is -2.18. The van der Waals surface area contributed by atoms with Crippen molar-refractivity contribution < 1.29 is 14.3 Å². The molecule has 0 aromatic heterocycles. The lowest BCUT2D eigenvalue weighted by Crippen LogP contribution is -2.15. The first kappa shape index (κ1) is 16.2. The normalized spacial score (nSPS) is 12.3. The molecule has 2 aromatic carbocycles. The topological polar surface area (TPSA) is 71.4 Å². The van der Waals surface area contributed by atoms with Crippen molar-refractivity contribution in [1.82, 2.24) is 0 Å². The van der Waals surface area contributed by atoms with Gasteiger partial charge in [-0.05, 0) is 42.3 Å². The molecule has 24 heavy (non-hydrogen) atoms. The summed E-state index contributed by atoms with van der Waals surface area (Å²) in [6.45, 7) is 1.10. The molecule has 0 saturated heterocycles. The molecule has 1 aliphatic heterocycles. The summed E-state index contributed by atoms with van der Waals surface area (Å²) < 4.78 is 11.0. The number of hydrogen-bond donors (Lipinski definition) is 1. The van der Waals surface area contributed by atoms with Crippen molar-refractivity contribution in [2.75, 3.05) is 18.5 Å². The van der Waals surface area contributed by atoms with E-state index < -0.39 is 0 Å². The van der Waals surface area contributed by atoms with Gasteiger partial charge in [0.25, 0.3) is 0 Å². The van der Waals surface area contributed by atoms with Crippen LogP contribution < -0.4 is 14.8 Å². The maximum Gasteiger partial charge on any atom is 0.224 e. The summed E-state index contributed by atoms with van der Waals surface area (Å²) in [5.74, 6) is 1.34. The van der Waals surface area contributed by atoms with Crippen LogP contribution in [0.4, 0.5) is 5.69 Å². The average Bonchev–Trinajstić information content (AvgIpc) is 2.60. The van der Waals surface area contributed by atoms with Gasteiger partial charge in [-0.2, -0.15) is 5.26 Å². The summed E-state index contributed by atoms with van der Waals surface area (Å²) in [4.78, 5) is 12.1. The second kappa shape index (κ2) is 7.24. The Bertz CT molecular complexity index is 814. The minimum Gasteiger partial charge on any atom is -0.486 e. The van der Waals surface area contributed by atoms with Gasteiger partial charge in [0.2, 0.25) is 5.91 Å². The summed E-state index contributed by atoms with van der Waals surface area (Å²) in [6.07, 6.45) is 0.920. The number of hydrogen-bond acceptors (Lipinski definition) is 4. The van der Waals surface area contributed by atoms with E-state index in [0.29, 0.717) is 42.3 Å². The Hall–Kier alpha value is -2.71. The van der Waals surface area contributed by atoms with Crippen molar-refractivity contribution >= 4 is 23.2 Å². The second-order valence-electron chi connectivity index (χ2n) is 5.33. The standard InChI is InChI=1S/C18H15ClN2O3/c19-15-10-14(4-3-13(15)11-20)21-18(22)6-2-12-1-5-16-17(9-12)24-8-7-23-16/h1,3-5,9-10H,2,6-8H2,(H,21,22). The maximum atomic E-state index is 12.1. The van der Waals surface area contributed by atoms with Crippen molar-refractivity contribution in [2.45, 2.75) is 12.8 Å². The van der Waals surface area contributed by atoms with Crippen molar-refractivity contribution in [3.05, 3.63) is 52.5 Å². The molecule has 2 aromatic rings. The lowest BCUT2D eigenvalue weighted by molar-refractivity contribution is -0.116. The number of fused-ring (bicyclic) bond motifs is 1. The molecule has 1 amide bonds. The molecule has 122 valence electrons. The molecule has 5 nitrogen and oxygen atoms in total. The lowest BCUT2D eigenvalue weighted by atomic mass is 10.1. The van der Waals surface area contributed by atoms with E-state index in [1.54, 1.807) is 18.2 Å². The number of ether oxygens (including phenoxy) is 2. The molecule has 6 heteroatoms. The fraction of sp³-hybridized carbons (Fsp3) is 0.222. The summed E-state index contributed by atoms with van der Waals surface area (Å²) in [5.41, 5.74) is 1.96. The predicted molar refractivity (Wildman–Crippen MR) is 90.5 cm³/mol. The quantitative estimate of drug-likeness (QED) is 0.922. The molecule has 3 rings (SSSR count). The smallest absolute Gasteiger partial charge is 0.224 e. The highest BCUT2D eigenvalue weighted by molar-refractivity contribution is 6.32. The van der Waals surface area contributed by atoms with Crippen molar-refractivity contribution in [3.63, 3.8) is 0 Å². The zero-order valence-corrected chi connectivity index (χ0v) is 13.6. The van der Waals surface area contributed by atoms with E-state index in [4.69, 9.17) is 26.3 Å². The van der Waals surface area contributed by atoms with Gasteiger partial charge in [0.1, 0.15) is 19.3 Å². The number of benzene rings is 2. The number of nitrogens with zero attached hydrogens (tertiary/aromatic N) is 1. The van der Waals surface area contributed by atoms with E-state index >= 15 is 0 Å². The summed E-state index contributed by atoms with van der Waals surface area (Å²) in [7, 11) is 0. The number of carbonyl (C=O) groups is 1. The number of anilines is 1. The Morgan fingerprint density at radius 2 is 1.96 bits per heavy atom. The fourth-order valence-corrected chi connectivity index (χ4v) is 2.63. The van der Waals surface area contributed by atoms with Crippen LogP contribution in [0, 0.1) is 11.3 Å². The Kier molecular flexibility index (Phi) is 4.88. The third-order valence-electron chi connectivity index (χ3n) is 3.62. The van der Waals surface area contributed by atoms with Crippen LogP contribution in [-0.4, -0.2) is 19.1 Å². The summed E-state index contributed by atoms with van der Waals surface area (Å²) in [6, 6.07) is 12.5. The van der Waals surface area contributed by atoms with E-state index in [0.717, 1.165) is 17.1 Å². The van der Waals surface area contributed by atoms with E-state index in [-0.39, 0.29) is 5.91 Å². The Morgan fingerprint density at radius 3 is 2.71 bits per heavy atom. The van der Waals surface area contributed by atoms with E-state index in [9.17, 15) is 4.79 Å². The molecule has 0 unspecified atom stereocenters. The van der Waals surface area contributed by atoms with Crippen molar-refractivity contribution in [1.29, 1.82) is 5.26 Å². The number of rotatable bonds is 4. The van der Waals surface area contributed by atoms with Crippen LogP contribution in [0.5, 0.6) is 11.5 Å². The summed E-state index contributed by atoms with van der Waals surface area (Å²) in [5, 5.41) is 11.9. The van der Waals surface area contributed by atoms with Gasteiger partial charge in [-0.25, -0.2) is 0 Å². The van der Waals surface area contributed by atoms with Crippen LogP contribution in [-0.2, 0) is 11.2 Å². The van der Waals surface area contributed by atoms with E-state index in [1.165, 1.54) is 0 Å². The molecule has 0 bridgehead atoms. The Balaban J connectivity index is 1.58. The minimum atomic E-state index is -0.120. The molecule has 0 spiro atoms. The first-order valence-corrected chi connectivity index (χ1v) is 7.91. The monoisotopic (exact) mass is 342 g/mol. The molecular weight excluding hydrogens is 328 g/mol. The van der Waals surface area contributed by atoms with Crippen LogP contribution in [0.2, 0.25) is 5.02 Å². The molecular formula is C18H15ClN2O3. The number of halogens is 1. The highest BCUT2D eigenvalue weighted by Crippen LogP contribution is 2.31. The van der Waals surface area contributed by atoms with E-state index in [2.05, 4.69) is 5.32 Å². The number of nitriles is 1. The van der Waals surface area contributed by atoms with Crippen LogP contribution >= 0.6 is 11.6 Å². The average molecular weight is 343 g/mol. The third kappa shape index (κ3) is 3.79. The zero-order chi connectivity index (χ0) is 16.9. The van der Waals surface area contributed by atoms with Crippen molar-refractivity contribution in [2.24, 2.45) is 0 Å². The van der Waals surface area contributed by atoms with Crippen LogP contribution in [0.1, 0.15) is 17.5 Å². The minimum absolute atomic E-state index is 0.120. The van der Waals surface area contributed by atoms with Gasteiger partial charge in [-0.15, -0.1) is 0 Å². The second-order valence-corrected chi connectivity index (χ2v) is 5.74. The van der Waals surface area contributed by atoms with Gasteiger partial charge in [-0.1, -0.05) is 17.7 Å². The van der Waals surface area contributed by atoms with E-state index in [1.807, 2.05) is 24.3 Å². The molecule has 0 atom stereocenters. The predicted octanol–water partition coefficient (Wildman–Crippen LogP) is 3.55. The highest BCUT2D eigenvalue weighted by atomic mass is 35.5. The molecule has 0 aliphatic carbocycles. The number of nitrogens with one attached hydrogen (secondary N) is 1. The zero-order valence-electron chi connectivity index (χ0n) is 12.8. The fourth-order valence-electron chi connectivity index (χ4n) is 2.41. The Labute approximate surface area is 144 Å². The van der Waals surface area contributed by atoms with Gasteiger partial charge in [-0.3, -0.25) is 4.79 Å². The third-order valence-corrected chi connectivity index (χ3v) is 3.93. The maximum absolute atomic E-state index is 12.1. The van der Waals surface area contributed by atoms with Gasteiger partial charge in [0.05, 0.1) is 10.6 Å².